The van der Waals surface area contributed by atoms with Crippen molar-refractivity contribution >= 4 is 27.7 Å². The highest BCUT2D eigenvalue weighted by Gasteiger charge is 2.11. The third-order valence-electron chi connectivity index (χ3n) is 1.90. The summed E-state index contributed by atoms with van der Waals surface area (Å²) in [6, 6.07) is 0. The molecule has 2 aromatic heterocycles. The molecule has 2 rings (SSSR count). The molecule has 0 aliphatic rings. The SMILES string of the molecule is COc1nc(Sc2n[nH]c(=O)n2C)ncc1Br. The number of aromatic amines is 1. The van der Waals surface area contributed by atoms with Crippen LogP contribution in [0.1, 0.15) is 0 Å². The highest BCUT2D eigenvalue weighted by atomic mass is 79.9. The van der Waals surface area contributed by atoms with Gasteiger partial charge in [-0.1, -0.05) is 0 Å². The van der Waals surface area contributed by atoms with Gasteiger partial charge in [-0.15, -0.1) is 5.10 Å². The maximum atomic E-state index is 11.2. The standard InChI is InChI=1S/C8H8BrN5O2S/c1-14-7(15)12-13-8(14)17-6-10-3-4(9)5(11-6)16-2/h3H,1-2H3,(H,12,15). The zero-order valence-corrected chi connectivity index (χ0v) is 11.4. The van der Waals surface area contributed by atoms with E-state index in [9.17, 15) is 4.79 Å². The number of nitrogens with one attached hydrogen (secondary N) is 1. The smallest absolute Gasteiger partial charge is 0.343 e. The van der Waals surface area contributed by atoms with Gasteiger partial charge in [0.1, 0.15) is 0 Å². The molecule has 0 saturated heterocycles. The quantitative estimate of drug-likeness (QED) is 0.844. The van der Waals surface area contributed by atoms with Crippen LogP contribution in [0.5, 0.6) is 5.88 Å². The van der Waals surface area contributed by atoms with Crippen molar-refractivity contribution in [1.82, 2.24) is 24.7 Å². The fraction of sp³-hybridized carbons (Fsp3) is 0.250. The van der Waals surface area contributed by atoms with E-state index >= 15 is 0 Å². The van der Waals surface area contributed by atoms with Gasteiger partial charge in [0, 0.05) is 13.2 Å². The van der Waals surface area contributed by atoms with Crippen molar-refractivity contribution in [3.8, 4) is 5.88 Å². The molecule has 90 valence electrons. The summed E-state index contributed by atoms with van der Waals surface area (Å²) in [6.45, 7) is 0. The predicted octanol–water partition coefficient (Wildman–Crippen LogP) is 0.821. The van der Waals surface area contributed by atoms with Gasteiger partial charge >= 0.3 is 5.69 Å². The highest BCUT2D eigenvalue weighted by molar-refractivity contribution is 9.10. The number of rotatable bonds is 3. The Morgan fingerprint density at radius 2 is 2.35 bits per heavy atom. The average molecular weight is 318 g/mol. The molecule has 0 aliphatic carbocycles. The minimum absolute atomic E-state index is 0.281. The van der Waals surface area contributed by atoms with Crippen molar-refractivity contribution in [2.24, 2.45) is 7.05 Å². The molecule has 2 heterocycles. The van der Waals surface area contributed by atoms with Crippen LogP contribution >= 0.6 is 27.7 Å². The molecule has 0 aliphatic heterocycles. The van der Waals surface area contributed by atoms with E-state index in [2.05, 4.69) is 36.1 Å². The van der Waals surface area contributed by atoms with Gasteiger partial charge in [-0.2, -0.15) is 4.98 Å². The van der Waals surface area contributed by atoms with Crippen molar-refractivity contribution in [2.75, 3.05) is 7.11 Å². The number of methoxy groups -OCH3 is 1. The van der Waals surface area contributed by atoms with Gasteiger partial charge in [0.05, 0.1) is 11.6 Å². The van der Waals surface area contributed by atoms with Crippen molar-refractivity contribution in [1.29, 1.82) is 0 Å². The molecule has 0 fully saturated rings. The van der Waals surface area contributed by atoms with E-state index in [0.29, 0.717) is 20.7 Å². The first-order chi connectivity index (χ1) is 8.11. The first-order valence-corrected chi connectivity index (χ1v) is 6.08. The maximum Gasteiger partial charge on any atom is 0.343 e. The predicted molar refractivity (Wildman–Crippen MR) is 64.2 cm³/mol. The third-order valence-corrected chi connectivity index (χ3v) is 3.38. The number of hydrogen-bond acceptors (Lipinski definition) is 6. The third kappa shape index (κ3) is 2.50. The molecule has 0 atom stereocenters. The molecule has 0 unspecified atom stereocenters. The number of halogens is 1. The van der Waals surface area contributed by atoms with Crippen molar-refractivity contribution in [3.63, 3.8) is 0 Å². The molecule has 0 spiro atoms. The lowest BCUT2D eigenvalue weighted by Crippen LogP contribution is -2.12. The summed E-state index contributed by atoms with van der Waals surface area (Å²) in [7, 11) is 3.14. The Labute approximate surface area is 109 Å². The summed E-state index contributed by atoms with van der Waals surface area (Å²) in [6.07, 6.45) is 1.58. The molecule has 9 heteroatoms. The monoisotopic (exact) mass is 317 g/mol. The van der Waals surface area contributed by atoms with Crippen LogP contribution < -0.4 is 10.4 Å². The molecular weight excluding hydrogens is 310 g/mol. The van der Waals surface area contributed by atoms with Crippen LogP contribution in [0.2, 0.25) is 0 Å². The Morgan fingerprint density at radius 3 is 2.94 bits per heavy atom. The number of H-pyrrole nitrogens is 1. The lowest BCUT2D eigenvalue weighted by atomic mass is 10.6. The van der Waals surface area contributed by atoms with Gasteiger partial charge in [-0.25, -0.2) is 14.9 Å². The van der Waals surface area contributed by atoms with E-state index in [1.54, 1.807) is 13.2 Å². The van der Waals surface area contributed by atoms with E-state index in [4.69, 9.17) is 4.74 Å². The van der Waals surface area contributed by atoms with Gasteiger partial charge in [-0.05, 0) is 27.7 Å². The lowest BCUT2D eigenvalue weighted by molar-refractivity contribution is 0.389. The summed E-state index contributed by atoms with van der Waals surface area (Å²) in [5.41, 5.74) is -0.281. The van der Waals surface area contributed by atoms with Crippen LogP contribution in [0.25, 0.3) is 0 Å². The Bertz CT molecular complexity index is 596. The van der Waals surface area contributed by atoms with Gasteiger partial charge in [0.25, 0.3) is 0 Å². The van der Waals surface area contributed by atoms with Crippen LogP contribution in [0.15, 0.2) is 25.8 Å². The fourth-order valence-corrected chi connectivity index (χ4v) is 2.10. The van der Waals surface area contributed by atoms with Gasteiger partial charge in [-0.3, -0.25) is 4.57 Å². The summed E-state index contributed by atoms with van der Waals surface area (Å²) < 4.78 is 7.10. The zero-order chi connectivity index (χ0) is 12.4. The van der Waals surface area contributed by atoms with E-state index < -0.39 is 0 Å². The molecule has 0 bridgehead atoms. The first-order valence-electron chi connectivity index (χ1n) is 4.47. The van der Waals surface area contributed by atoms with Crippen molar-refractivity contribution < 1.29 is 4.74 Å². The number of nitrogens with zero attached hydrogens (tertiary/aromatic N) is 4. The van der Waals surface area contributed by atoms with Crippen LogP contribution in [0.4, 0.5) is 0 Å². The molecule has 0 amide bonds. The zero-order valence-electron chi connectivity index (χ0n) is 8.97. The first kappa shape index (κ1) is 12.1. The molecule has 0 saturated carbocycles. The second-order valence-corrected chi connectivity index (χ2v) is 4.77. The Morgan fingerprint density at radius 1 is 1.59 bits per heavy atom. The molecule has 0 aromatic carbocycles. The average Bonchev–Trinajstić information content (AvgIpc) is 2.63. The summed E-state index contributed by atoms with van der Waals surface area (Å²) in [5.74, 6) is 0.433. The van der Waals surface area contributed by atoms with Gasteiger partial charge in [0.15, 0.2) is 10.3 Å². The van der Waals surface area contributed by atoms with E-state index in [0.717, 1.165) is 0 Å². The molecule has 1 N–H and O–H groups in total. The number of aromatic nitrogens is 5. The van der Waals surface area contributed by atoms with Gasteiger partial charge in [0.2, 0.25) is 5.88 Å². The number of ether oxygens (including phenoxy) is 1. The Balaban J connectivity index is 2.30. The topological polar surface area (TPSA) is 85.7 Å². The summed E-state index contributed by atoms with van der Waals surface area (Å²) >= 11 is 4.43. The fourth-order valence-electron chi connectivity index (χ4n) is 1.03. The maximum absolute atomic E-state index is 11.2. The van der Waals surface area contributed by atoms with E-state index in [-0.39, 0.29) is 5.69 Å². The largest absolute Gasteiger partial charge is 0.480 e. The van der Waals surface area contributed by atoms with Crippen LogP contribution in [-0.2, 0) is 7.05 Å². The van der Waals surface area contributed by atoms with Crippen molar-refractivity contribution in [2.45, 2.75) is 10.3 Å². The molecular formula is C8H8BrN5O2S. The summed E-state index contributed by atoms with van der Waals surface area (Å²) in [4.78, 5) is 19.4. The summed E-state index contributed by atoms with van der Waals surface area (Å²) in [5, 5.41) is 7.12. The van der Waals surface area contributed by atoms with Gasteiger partial charge < -0.3 is 4.74 Å². The highest BCUT2D eigenvalue weighted by Crippen LogP contribution is 2.26. The molecule has 2 aromatic rings. The van der Waals surface area contributed by atoms with E-state index in [1.807, 2.05) is 0 Å². The lowest BCUT2D eigenvalue weighted by Gasteiger charge is -2.03. The Hall–Kier alpha value is -1.35. The molecule has 7 nitrogen and oxygen atoms in total. The molecule has 17 heavy (non-hydrogen) atoms. The minimum atomic E-state index is -0.281. The second kappa shape index (κ2) is 4.88. The Kier molecular flexibility index (Phi) is 3.48. The van der Waals surface area contributed by atoms with E-state index in [1.165, 1.54) is 23.4 Å². The second-order valence-electron chi connectivity index (χ2n) is 2.98. The minimum Gasteiger partial charge on any atom is -0.480 e. The van der Waals surface area contributed by atoms with Crippen molar-refractivity contribution in [3.05, 3.63) is 21.2 Å². The van der Waals surface area contributed by atoms with Crippen LogP contribution in [0, 0.1) is 0 Å². The normalized spacial score (nSPS) is 10.5. The van der Waals surface area contributed by atoms with Crippen LogP contribution in [0.3, 0.4) is 0 Å². The van der Waals surface area contributed by atoms with Crippen LogP contribution in [-0.4, -0.2) is 31.8 Å². The molecule has 0 radical (unpaired) electrons. The number of hydrogen-bond donors (Lipinski definition) is 1.